The number of carbonyl (C=O) groups is 2. The third-order valence-electron chi connectivity index (χ3n) is 3.90. The van der Waals surface area contributed by atoms with Gasteiger partial charge in [0.15, 0.2) is 5.78 Å². The third kappa shape index (κ3) is 3.52. The fourth-order valence-corrected chi connectivity index (χ4v) is 2.47. The molecule has 0 radical (unpaired) electrons. The van der Waals surface area contributed by atoms with Crippen molar-refractivity contribution in [3.63, 3.8) is 0 Å². The lowest BCUT2D eigenvalue weighted by Crippen LogP contribution is -2.45. The number of rotatable bonds is 6. The largest absolute Gasteiger partial charge is 0.399 e. The summed E-state index contributed by atoms with van der Waals surface area (Å²) in [5.41, 5.74) is 7.13. The van der Waals surface area contributed by atoms with Crippen molar-refractivity contribution in [1.82, 2.24) is 10.2 Å². The number of nitrogen functional groups attached to an aromatic ring is 1. The number of nitrogens with one attached hydrogen (secondary N) is 2. The van der Waals surface area contributed by atoms with E-state index in [4.69, 9.17) is 5.73 Å². The van der Waals surface area contributed by atoms with Crippen molar-refractivity contribution in [2.45, 2.75) is 25.4 Å². The molecule has 1 amide bonds. The van der Waals surface area contributed by atoms with Crippen LogP contribution in [0.25, 0.3) is 0 Å². The van der Waals surface area contributed by atoms with Gasteiger partial charge in [0, 0.05) is 17.9 Å². The molecule has 1 fully saturated rings. The van der Waals surface area contributed by atoms with Gasteiger partial charge in [0.2, 0.25) is 5.91 Å². The molecule has 0 bridgehead atoms. The monoisotopic (exact) mass is 290 g/mol. The molecule has 4 N–H and O–H groups in total. The fourth-order valence-electron chi connectivity index (χ4n) is 2.47. The van der Waals surface area contributed by atoms with E-state index in [9.17, 15) is 9.59 Å². The Morgan fingerprint density at radius 2 is 2.10 bits per heavy atom. The summed E-state index contributed by atoms with van der Waals surface area (Å²) in [5, 5.41) is 6.03. The van der Waals surface area contributed by atoms with E-state index in [0.717, 1.165) is 12.1 Å². The van der Waals surface area contributed by atoms with Gasteiger partial charge in [-0.3, -0.25) is 9.59 Å². The summed E-state index contributed by atoms with van der Waals surface area (Å²) in [6.07, 6.45) is 0.748. The van der Waals surface area contributed by atoms with Crippen molar-refractivity contribution in [3.8, 4) is 0 Å². The molecule has 1 aromatic rings. The number of Topliss-reactive ketones (excluding diaryl/α,β-unsaturated/α-hetero) is 1. The molecule has 2 rings (SSSR count). The van der Waals surface area contributed by atoms with Crippen LogP contribution >= 0.6 is 0 Å². The summed E-state index contributed by atoms with van der Waals surface area (Å²) >= 11 is 0. The van der Waals surface area contributed by atoms with E-state index in [1.165, 1.54) is 0 Å². The van der Waals surface area contributed by atoms with Crippen LogP contribution in [0.3, 0.4) is 0 Å². The summed E-state index contributed by atoms with van der Waals surface area (Å²) < 4.78 is 0. The van der Waals surface area contributed by atoms with Gasteiger partial charge in [-0.1, -0.05) is 0 Å². The number of anilines is 2. The maximum atomic E-state index is 12.2. The topological polar surface area (TPSA) is 87.5 Å². The Morgan fingerprint density at radius 3 is 2.67 bits per heavy atom. The van der Waals surface area contributed by atoms with E-state index >= 15 is 0 Å². The van der Waals surface area contributed by atoms with Crippen molar-refractivity contribution in [1.29, 1.82) is 0 Å². The quantitative estimate of drug-likeness (QED) is 0.663. The molecule has 1 aliphatic heterocycles. The summed E-state index contributed by atoms with van der Waals surface area (Å²) in [7, 11) is 1.77. The Morgan fingerprint density at radius 1 is 1.43 bits per heavy atom. The third-order valence-corrected chi connectivity index (χ3v) is 3.90. The van der Waals surface area contributed by atoms with Gasteiger partial charge >= 0.3 is 0 Å². The number of hydrogen-bond donors (Lipinski definition) is 3. The first-order valence-electron chi connectivity index (χ1n) is 7.13. The molecule has 1 aromatic carbocycles. The van der Waals surface area contributed by atoms with Gasteiger partial charge in [0.1, 0.15) is 0 Å². The molecule has 1 unspecified atom stereocenters. The lowest BCUT2D eigenvalue weighted by Gasteiger charge is -2.24. The van der Waals surface area contributed by atoms with Crippen LogP contribution in [0.1, 0.15) is 13.3 Å². The number of amides is 1. The summed E-state index contributed by atoms with van der Waals surface area (Å²) in [6.45, 7) is 2.60. The zero-order chi connectivity index (χ0) is 15.4. The molecule has 0 aliphatic carbocycles. The molecule has 6 heteroatoms. The molecule has 0 saturated carbocycles. The number of benzene rings is 1. The highest BCUT2D eigenvalue weighted by atomic mass is 16.2. The first-order chi connectivity index (χ1) is 10.0. The van der Waals surface area contributed by atoms with E-state index in [-0.39, 0.29) is 24.3 Å². The summed E-state index contributed by atoms with van der Waals surface area (Å²) in [4.78, 5) is 25.9. The molecule has 0 aromatic heterocycles. The molecular weight excluding hydrogens is 268 g/mol. The average molecular weight is 290 g/mol. The number of hydrogen-bond acceptors (Lipinski definition) is 5. The maximum Gasteiger partial charge on any atom is 0.240 e. The SMILES string of the molecule is CNC1CCN([C@@H](C)C(=O)CNc2ccc(N)cc2)C1=O. The number of nitrogens with two attached hydrogens (primary N) is 1. The van der Waals surface area contributed by atoms with Crippen LogP contribution in [0, 0.1) is 0 Å². The van der Waals surface area contributed by atoms with Gasteiger partial charge in [-0.25, -0.2) is 0 Å². The Labute approximate surface area is 124 Å². The Bertz CT molecular complexity index is 515. The predicted molar refractivity (Wildman–Crippen MR) is 83.0 cm³/mol. The first kappa shape index (κ1) is 15.3. The zero-order valence-corrected chi connectivity index (χ0v) is 12.4. The van der Waals surface area contributed by atoms with Gasteiger partial charge < -0.3 is 21.3 Å². The highest BCUT2D eigenvalue weighted by Crippen LogP contribution is 2.15. The van der Waals surface area contributed by atoms with E-state index in [1.807, 2.05) is 12.1 Å². The fraction of sp³-hybridized carbons (Fsp3) is 0.467. The number of likely N-dealkylation sites (N-methyl/N-ethyl adjacent to an activating group) is 1. The average Bonchev–Trinajstić information content (AvgIpc) is 2.86. The van der Waals surface area contributed by atoms with Crippen LogP contribution in [0.2, 0.25) is 0 Å². The minimum Gasteiger partial charge on any atom is -0.399 e. The minimum atomic E-state index is -0.405. The molecule has 6 nitrogen and oxygen atoms in total. The molecular formula is C15H22N4O2. The first-order valence-corrected chi connectivity index (χ1v) is 7.13. The number of ketones is 1. The van der Waals surface area contributed by atoms with Crippen molar-refractivity contribution in [2.24, 2.45) is 0 Å². The lowest BCUT2D eigenvalue weighted by molar-refractivity contribution is -0.136. The smallest absolute Gasteiger partial charge is 0.240 e. The molecule has 2 atom stereocenters. The second-order valence-electron chi connectivity index (χ2n) is 5.28. The Hall–Kier alpha value is -2.08. The van der Waals surface area contributed by atoms with Crippen LogP contribution < -0.4 is 16.4 Å². The van der Waals surface area contributed by atoms with Crippen molar-refractivity contribution in [3.05, 3.63) is 24.3 Å². The Balaban J connectivity index is 1.88. The summed E-state index contributed by atoms with van der Waals surface area (Å²) in [6, 6.07) is 6.63. The molecule has 1 saturated heterocycles. The second-order valence-corrected chi connectivity index (χ2v) is 5.28. The van der Waals surface area contributed by atoms with Crippen LogP contribution in [-0.2, 0) is 9.59 Å². The van der Waals surface area contributed by atoms with Crippen molar-refractivity contribution in [2.75, 3.05) is 31.2 Å². The number of carbonyl (C=O) groups excluding carboxylic acids is 2. The van der Waals surface area contributed by atoms with Gasteiger partial charge in [0.05, 0.1) is 18.6 Å². The second kappa shape index (κ2) is 6.58. The highest BCUT2D eigenvalue weighted by molar-refractivity contribution is 5.93. The minimum absolute atomic E-state index is 0.00284. The maximum absolute atomic E-state index is 12.2. The van der Waals surface area contributed by atoms with E-state index in [2.05, 4.69) is 10.6 Å². The van der Waals surface area contributed by atoms with E-state index < -0.39 is 6.04 Å². The van der Waals surface area contributed by atoms with Crippen LogP contribution in [0.15, 0.2) is 24.3 Å². The molecule has 1 aliphatic rings. The van der Waals surface area contributed by atoms with Crippen molar-refractivity contribution < 1.29 is 9.59 Å². The molecule has 0 spiro atoms. The lowest BCUT2D eigenvalue weighted by atomic mass is 10.2. The van der Waals surface area contributed by atoms with Crippen LogP contribution in [0.5, 0.6) is 0 Å². The highest BCUT2D eigenvalue weighted by Gasteiger charge is 2.35. The molecule has 1 heterocycles. The predicted octanol–water partition coefficient (Wildman–Crippen LogP) is 0.459. The van der Waals surface area contributed by atoms with Gasteiger partial charge in [0.25, 0.3) is 0 Å². The van der Waals surface area contributed by atoms with Gasteiger partial charge in [-0.05, 0) is 44.7 Å². The van der Waals surface area contributed by atoms with Gasteiger partial charge in [-0.15, -0.1) is 0 Å². The standard InChI is InChI=1S/C15H22N4O2/c1-10(19-8-7-13(17-2)15(19)21)14(20)9-18-12-5-3-11(16)4-6-12/h3-6,10,13,17-18H,7-9,16H2,1-2H3/t10-,13?/m0/s1. The van der Waals surface area contributed by atoms with E-state index in [1.54, 1.807) is 31.0 Å². The van der Waals surface area contributed by atoms with Crippen LogP contribution in [-0.4, -0.2) is 48.8 Å². The number of nitrogens with zero attached hydrogens (tertiary/aromatic N) is 1. The Kier molecular flexibility index (Phi) is 4.80. The normalized spacial score (nSPS) is 19.6. The van der Waals surface area contributed by atoms with Crippen molar-refractivity contribution >= 4 is 23.1 Å². The van der Waals surface area contributed by atoms with Gasteiger partial charge in [-0.2, -0.15) is 0 Å². The summed E-state index contributed by atoms with van der Waals surface area (Å²) in [5.74, 6) is 0.00256. The molecule has 21 heavy (non-hydrogen) atoms. The van der Waals surface area contributed by atoms with E-state index in [0.29, 0.717) is 12.2 Å². The number of likely N-dealkylation sites (tertiary alicyclic amines) is 1. The van der Waals surface area contributed by atoms with Crippen LogP contribution in [0.4, 0.5) is 11.4 Å². The zero-order valence-electron chi connectivity index (χ0n) is 12.4. The molecule has 114 valence electrons.